The highest BCUT2D eigenvalue weighted by molar-refractivity contribution is 5.26. The van der Waals surface area contributed by atoms with Crippen LogP contribution >= 0.6 is 0 Å². The number of benzene rings is 1. The van der Waals surface area contributed by atoms with Crippen molar-refractivity contribution in [3.05, 3.63) is 47.9 Å². The molecule has 0 radical (unpaired) electrons. The molecule has 0 aliphatic carbocycles. The van der Waals surface area contributed by atoms with Crippen LogP contribution in [0, 0.1) is 6.92 Å². The summed E-state index contributed by atoms with van der Waals surface area (Å²) in [5.74, 6) is 0.843. The lowest BCUT2D eigenvalue weighted by molar-refractivity contribution is 0.482. The van der Waals surface area contributed by atoms with Crippen molar-refractivity contribution < 1.29 is 4.74 Å². The highest BCUT2D eigenvalue weighted by atomic mass is 16.5. The molecule has 0 aliphatic heterocycles. The van der Waals surface area contributed by atoms with Crippen molar-refractivity contribution in [2.45, 2.75) is 13.8 Å². The summed E-state index contributed by atoms with van der Waals surface area (Å²) in [6.45, 7) is 3.95. The molecule has 0 aliphatic rings. The Morgan fingerprint density at radius 1 is 1.25 bits per heavy atom. The molecule has 0 atom stereocenters. The lowest BCUT2D eigenvalue weighted by Crippen LogP contribution is -1.79. The minimum absolute atomic E-state index is 0.843. The molecule has 0 aromatic heterocycles. The van der Waals surface area contributed by atoms with E-state index in [4.69, 9.17) is 4.74 Å². The molecule has 0 heterocycles. The zero-order chi connectivity index (χ0) is 8.81. The second-order valence-electron chi connectivity index (χ2n) is 2.50. The van der Waals surface area contributed by atoms with Crippen molar-refractivity contribution in [3.8, 4) is 5.75 Å². The van der Waals surface area contributed by atoms with Crippen LogP contribution < -0.4 is 4.74 Å². The van der Waals surface area contributed by atoms with Gasteiger partial charge < -0.3 is 4.74 Å². The monoisotopic (exact) mass is 160 g/mol. The van der Waals surface area contributed by atoms with E-state index >= 15 is 0 Å². The topological polar surface area (TPSA) is 9.23 Å². The maximum atomic E-state index is 5.23. The third-order valence-electron chi connectivity index (χ3n) is 1.45. The van der Waals surface area contributed by atoms with Crippen LogP contribution in [-0.4, -0.2) is 0 Å². The molecule has 1 aromatic carbocycles. The van der Waals surface area contributed by atoms with Crippen LogP contribution in [0.15, 0.2) is 42.3 Å². The van der Waals surface area contributed by atoms with Crippen LogP contribution in [0.3, 0.4) is 0 Å². The lowest BCUT2D eigenvalue weighted by atomic mass is 10.2. The molecule has 1 aromatic rings. The zero-order valence-corrected chi connectivity index (χ0v) is 7.37. The van der Waals surface area contributed by atoms with E-state index in [1.165, 1.54) is 5.56 Å². The minimum atomic E-state index is 0.843. The van der Waals surface area contributed by atoms with Gasteiger partial charge in [-0.3, -0.25) is 0 Å². The molecule has 0 amide bonds. The normalized spacial score (nSPS) is 8.50. The van der Waals surface area contributed by atoms with Crippen LogP contribution in [0.2, 0.25) is 0 Å². The number of rotatable bonds is 2. The zero-order valence-electron chi connectivity index (χ0n) is 7.37. The van der Waals surface area contributed by atoms with E-state index in [0.717, 1.165) is 5.75 Å². The summed E-state index contributed by atoms with van der Waals surface area (Å²) >= 11 is 0. The third-order valence-corrected chi connectivity index (χ3v) is 1.45. The van der Waals surface area contributed by atoms with E-state index in [9.17, 15) is 0 Å². The second kappa shape index (κ2) is 4.42. The first-order valence-corrected chi connectivity index (χ1v) is 3.92. The molecule has 62 valence electrons. The first-order valence-electron chi connectivity index (χ1n) is 3.92. The molecular weight excluding hydrogens is 148 g/mol. The maximum absolute atomic E-state index is 5.23. The Balaban J connectivity index is 2.65. The predicted molar refractivity (Wildman–Crippen MR) is 50.1 cm³/mol. The molecule has 0 saturated heterocycles. The van der Waals surface area contributed by atoms with Gasteiger partial charge in [0.15, 0.2) is 0 Å². The summed E-state index contributed by atoms with van der Waals surface area (Å²) < 4.78 is 5.23. The fourth-order valence-electron chi connectivity index (χ4n) is 0.787. The van der Waals surface area contributed by atoms with Crippen molar-refractivity contribution in [1.82, 2.24) is 0 Å². The van der Waals surface area contributed by atoms with Crippen molar-refractivity contribution in [2.24, 2.45) is 0 Å². The Bertz CT molecular complexity index is 289. The fraction of sp³-hybridized carbons (Fsp3) is 0.182. The third kappa shape index (κ3) is 2.65. The van der Waals surface area contributed by atoms with Gasteiger partial charge >= 0.3 is 0 Å². The molecule has 1 nitrogen and oxygen atoms in total. The molecule has 0 spiro atoms. The van der Waals surface area contributed by atoms with Gasteiger partial charge in [0.25, 0.3) is 0 Å². The summed E-state index contributed by atoms with van der Waals surface area (Å²) in [5.41, 5.74) is 4.07. The van der Waals surface area contributed by atoms with Gasteiger partial charge in [-0.1, -0.05) is 23.4 Å². The van der Waals surface area contributed by atoms with Crippen molar-refractivity contribution >= 4 is 0 Å². The number of hydrogen-bond acceptors (Lipinski definition) is 1. The fourth-order valence-corrected chi connectivity index (χ4v) is 0.787. The van der Waals surface area contributed by atoms with Gasteiger partial charge in [0.1, 0.15) is 12.0 Å². The van der Waals surface area contributed by atoms with Crippen LogP contribution in [0.4, 0.5) is 0 Å². The summed E-state index contributed by atoms with van der Waals surface area (Å²) in [4.78, 5) is 0. The van der Waals surface area contributed by atoms with Crippen LogP contribution in [0.1, 0.15) is 12.5 Å². The molecule has 0 saturated carbocycles. The van der Waals surface area contributed by atoms with Gasteiger partial charge in [-0.25, -0.2) is 0 Å². The lowest BCUT2D eigenvalue weighted by Gasteiger charge is -1.97. The van der Waals surface area contributed by atoms with Crippen molar-refractivity contribution in [3.63, 3.8) is 0 Å². The number of ether oxygens (including phenoxy) is 1. The first kappa shape index (κ1) is 8.63. The van der Waals surface area contributed by atoms with Gasteiger partial charge in [-0.2, -0.15) is 0 Å². The number of aryl methyl sites for hydroxylation is 1. The molecule has 0 fully saturated rings. The van der Waals surface area contributed by atoms with E-state index in [2.05, 4.69) is 5.73 Å². The van der Waals surface area contributed by atoms with Crippen LogP contribution in [-0.2, 0) is 0 Å². The van der Waals surface area contributed by atoms with Crippen molar-refractivity contribution in [2.75, 3.05) is 0 Å². The van der Waals surface area contributed by atoms with E-state index in [1.807, 2.05) is 38.1 Å². The van der Waals surface area contributed by atoms with Gasteiger partial charge in [-0.05, 0) is 32.1 Å². The number of hydrogen-bond donors (Lipinski definition) is 0. The highest BCUT2D eigenvalue weighted by Gasteiger charge is 1.87. The Morgan fingerprint density at radius 2 is 1.92 bits per heavy atom. The summed E-state index contributed by atoms with van der Waals surface area (Å²) in [7, 11) is 0. The Kier molecular flexibility index (Phi) is 3.18. The SMILES string of the molecule is CC=C=COc1ccc(C)cc1. The molecular formula is C11H12O. The molecule has 1 heteroatoms. The summed E-state index contributed by atoms with van der Waals surface area (Å²) in [6.07, 6.45) is 3.35. The molecule has 12 heavy (non-hydrogen) atoms. The first-order chi connectivity index (χ1) is 5.83. The predicted octanol–water partition coefficient (Wildman–Crippen LogP) is 3.06. The quantitative estimate of drug-likeness (QED) is 0.477. The van der Waals surface area contributed by atoms with Crippen molar-refractivity contribution in [1.29, 1.82) is 0 Å². The maximum Gasteiger partial charge on any atom is 0.133 e. The van der Waals surface area contributed by atoms with Gasteiger partial charge in [-0.15, -0.1) is 0 Å². The standard InChI is InChI=1S/C11H12O/c1-3-4-9-12-11-7-5-10(2)6-8-11/h3,5-9H,1-2H3. The van der Waals surface area contributed by atoms with Gasteiger partial charge in [0.05, 0.1) is 0 Å². The molecule has 0 bridgehead atoms. The van der Waals surface area contributed by atoms with E-state index in [0.29, 0.717) is 0 Å². The Labute approximate surface area is 73.0 Å². The van der Waals surface area contributed by atoms with Gasteiger partial charge in [0, 0.05) is 0 Å². The second-order valence-corrected chi connectivity index (χ2v) is 2.50. The van der Waals surface area contributed by atoms with Crippen LogP contribution in [0.5, 0.6) is 5.75 Å². The average Bonchev–Trinajstić information content (AvgIpc) is 2.09. The minimum Gasteiger partial charge on any atom is -0.457 e. The Hall–Kier alpha value is -1.46. The van der Waals surface area contributed by atoms with Crippen LogP contribution in [0.25, 0.3) is 0 Å². The average molecular weight is 160 g/mol. The van der Waals surface area contributed by atoms with E-state index < -0.39 is 0 Å². The summed E-state index contributed by atoms with van der Waals surface area (Å²) in [6, 6.07) is 7.89. The largest absolute Gasteiger partial charge is 0.457 e. The van der Waals surface area contributed by atoms with E-state index in [-0.39, 0.29) is 0 Å². The smallest absolute Gasteiger partial charge is 0.133 e. The highest BCUT2D eigenvalue weighted by Crippen LogP contribution is 2.10. The Morgan fingerprint density at radius 3 is 2.50 bits per heavy atom. The van der Waals surface area contributed by atoms with E-state index in [1.54, 1.807) is 12.3 Å². The number of allylic oxidation sites excluding steroid dienone is 1. The summed E-state index contributed by atoms with van der Waals surface area (Å²) in [5, 5.41) is 0. The molecule has 0 N–H and O–H groups in total. The molecule has 0 unspecified atom stereocenters. The molecule has 1 rings (SSSR count). The van der Waals surface area contributed by atoms with Gasteiger partial charge in [0.2, 0.25) is 0 Å².